The summed E-state index contributed by atoms with van der Waals surface area (Å²) >= 11 is 0. The number of ether oxygens (including phenoxy) is 1. The van der Waals surface area contributed by atoms with Crippen LogP contribution in [0.3, 0.4) is 0 Å². The highest BCUT2D eigenvalue weighted by Gasteiger charge is 2.13. The Morgan fingerprint density at radius 3 is 2.75 bits per heavy atom. The van der Waals surface area contributed by atoms with Crippen LogP contribution in [0.5, 0.6) is 0 Å². The maximum Gasteiger partial charge on any atom is 0.274 e. The standard InChI is InChI=1S/C14H24N4O2/c1-4-5-10-18(2)14(19)12-7-8-13(17-16-12)15-9-6-11-20-3/h7-8H,4-6,9-11H2,1-3H3,(H,15,17). The van der Waals surface area contributed by atoms with Crippen LogP contribution in [0.4, 0.5) is 5.82 Å². The minimum absolute atomic E-state index is 0.0862. The van der Waals surface area contributed by atoms with E-state index in [0.29, 0.717) is 18.1 Å². The Morgan fingerprint density at radius 2 is 2.15 bits per heavy atom. The Morgan fingerprint density at radius 1 is 1.35 bits per heavy atom. The van der Waals surface area contributed by atoms with E-state index in [1.165, 1.54) is 0 Å². The highest BCUT2D eigenvalue weighted by Crippen LogP contribution is 2.05. The Hall–Kier alpha value is -1.69. The Kier molecular flexibility index (Phi) is 7.57. The predicted molar refractivity (Wildman–Crippen MR) is 78.9 cm³/mol. The van der Waals surface area contributed by atoms with Crippen molar-refractivity contribution in [2.45, 2.75) is 26.2 Å². The summed E-state index contributed by atoms with van der Waals surface area (Å²) in [5, 5.41) is 11.1. The van der Waals surface area contributed by atoms with Crippen molar-refractivity contribution >= 4 is 11.7 Å². The number of hydrogen-bond acceptors (Lipinski definition) is 5. The molecule has 1 aromatic rings. The molecule has 0 radical (unpaired) electrons. The predicted octanol–water partition coefficient (Wildman–Crippen LogP) is 1.80. The van der Waals surface area contributed by atoms with Crippen LogP contribution < -0.4 is 5.32 Å². The summed E-state index contributed by atoms with van der Waals surface area (Å²) in [6.45, 7) is 4.32. The summed E-state index contributed by atoms with van der Waals surface area (Å²) in [6.07, 6.45) is 2.96. The molecule has 0 bridgehead atoms. The van der Waals surface area contributed by atoms with Crippen LogP contribution in [-0.2, 0) is 4.74 Å². The molecule has 0 aliphatic rings. The second-order valence-electron chi connectivity index (χ2n) is 4.66. The van der Waals surface area contributed by atoms with Crippen LogP contribution in [0, 0.1) is 0 Å². The topological polar surface area (TPSA) is 67.4 Å². The number of nitrogens with one attached hydrogen (secondary N) is 1. The maximum absolute atomic E-state index is 12.0. The molecule has 1 N–H and O–H groups in total. The molecule has 0 unspecified atom stereocenters. The number of amides is 1. The average Bonchev–Trinajstić information content (AvgIpc) is 2.49. The second kappa shape index (κ2) is 9.25. The van der Waals surface area contributed by atoms with E-state index in [1.54, 1.807) is 31.2 Å². The van der Waals surface area contributed by atoms with Crippen LogP contribution in [0.25, 0.3) is 0 Å². The highest BCUT2D eigenvalue weighted by molar-refractivity contribution is 5.92. The lowest BCUT2D eigenvalue weighted by atomic mass is 10.3. The third-order valence-corrected chi connectivity index (χ3v) is 2.91. The molecule has 1 amide bonds. The van der Waals surface area contributed by atoms with Gasteiger partial charge in [0.2, 0.25) is 0 Å². The van der Waals surface area contributed by atoms with Crippen molar-refractivity contribution in [3.63, 3.8) is 0 Å². The second-order valence-corrected chi connectivity index (χ2v) is 4.66. The molecule has 0 atom stereocenters. The van der Waals surface area contributed by atoms with Gasteiger partial charge in [-0.15, -0.1) is 10.2 Å². The zero-order valence-electron chi connectivity index (χ0n) is 12.6. The quantitative estimate of drug-likeness (QED) is 0.699. The van der Waals surface area contributed by atoms with Gasteiger partial charge in [0.25, 0.3) is 5.91 Å². The van der Waals surface area contributed by atoms with E-state index in [2.05, 4.69) is 22.4 Å². The number of anilines is 1. The van der Waals surface area contributed by atoms with Crippen molar-refractivity contribution in [2.75, 3.05) is 39.2 Å². The van der Waals surface area contributed by atoms with E-state index >= 15 is 0 Å². The van der Waals surface area contributed by atoms with E-state index in [-0.39, 0.29) is 5.91 Å². The first kappa shape index (κ1) is 16.4. The zero-order chi connectivity index (χ0) is 14.8. The van der Waals surface area contributed by atoms with Gasteiger partial charge in [-0.3, -0.25) is 4.79 Å². The summed E-state index contributed by atoms with van der Waals surface area (Å²) in [5.41, 5.74) is 0.381. The molecular formula is C14H24N4O2. The van der Waals surface area contributed by atoms with Crippen molar-refractivity contribution in [1.29, 1.82) is 0 Å². The van der Waals surface area contributed by atoms with Crippen LogP contribution >= 0.6 is 0 Å². The molecule has 6 nitrogen and oxygen atoms in total. The summed E-state index contributed by atoms with van der Waals surface area (Å²) in [7, 11) is 3.46. The number of aromatic nitrogens is 2. The molecule has 0 fully saturated rings. The van der Waals surface area contributed by atoms with E-state index in [0.717, 1.165) is 32.4 Å². The average molecular weight is 280 g/mol. The van der Waals surface area contributed by atoms with Crippen molar-refractivity contribution in [3.05, 3.63) is 17.8 Å². The number of unbranched alkanes of at least 4 members (excludes halogenated alkanes) is 1. The fourth-order valence-corrected chi connectivity index (χ4v) is 1.67. The van der Waals surface area contributed by atoms with E-state index < -0.39 is 0 Å². The summed E-state index contributed by atoms with van der Waals surface area (Å²) in [4.78, 5) is 13.7. The largest absolute Gasteiger partial charge is 0.385 e. The lowest BCUT2D eigenvalue weighted by Gasteiger charge is -2.15. The van der Waals surface area contributed by atoms with Gasteiger partial charge in [-0.05, 0) is 25.0 Å². The molecule has 112 valence electrons. The number of rotatable bonds is 9. The van der Waals surface area contributed by atoms with Crippen LogP contribution in [0.1, 0.15) is 36.7 Å². The van der Waals surface area contributed by atoms with E-state index in [1.807, 2.05) is 0 Å². The first-order valence-corrected chi connectivity index (χ1v) is 7.01. The molecule has 1 aromatic heterocycles. The van der Waals surface area contributed by atoms with Gasteiger partial charge in [0.05, 0.1) is 0 Å². The molecule has 0 aliphatic heterocycles. The molecule has 6 heteroatoms. The van der Waals surface area contributed by atoms with Gasteiger partial charge in [0, 0.05) is 33.9 Å². The minimum atomic E-state index is -0.0862. The fraction of sp³-hybridized carbons (Fsp3) is 0.643. The molecule has 0 spiro atoms. The van der Waals surface area contributed by atoms with Crippen LogP contribution in [-0.4, -0.2) is 54.9 Å². The summed E-state index contributed by atoms with van der Waals surface area (Å²) in [6, 6.07) is 3.48. The van der Waals surface area contributed by atoms with E-state index in [4.69, 9.17) is 4.74 Å². The van der Waals surface area contributed by atoms with Gasteiger partial charge in [-0.25, -0.2) is 0 Å². The highest BCUT2D eigenvalue weighted by atomic mass is 16.5. The number of carbonyl (C=O) groups is 1. The minimum Gasteiger partial charge on any atom is -0.385 e. The van der Waals surface area contributed by atoms with Crippen molar-refractivity contribution in [2.24, 2.45) is 0 Å². The SMILES string of the molecule is CCCCN(C)C(=O)c1ccc(NCCCOC)nn1. The molecule has 0 aliphatic carbocycles. The normalized spacial score (nSPS) is 10.3. The number of methoxy groups -OCH3 is 1. The lowest BCUT2D eigenvalue weighted by molar-refractivity contribution is 0.0786. The first-order valence-electron chi connectivity index (χ1n) is 7.01. The molecule has 0 saturated carbocycles. The van der Waals surface area contributed by atoms with E-state index in [9.17, 15) is 4.79 Å². The fourth-order valence-electron chi connectivity index (χ4n) is 1.67. The number of carbonyl (C=O) groups excluding carboxylic acids is 1. The van der Waals surface area contributed by atoms with Crippen molar-refractivity contribution < 1.29 is 9.53 Å². The van der Waals surface area contributed by atoms with Crippen LogP contribution in [0.2, 0.25) is 0 Å². The Balaban J connectivity index is 2.46. The van der Waals surface area contributed by atoms with Crippen LogP contribution in [0.15, 0.2) is 12.1 Å². The van der Waals surface area contributed by atoms with Crippen molar-refractivity contribution in [3.8, 4) is 0 Å². The van der Waals surface area contributed by atoms with Crippen molar-refractivity contribution in [1.82, 2.24) is 15.1 Å². The van der Waals surface area contributed by atoms with Gasteiger partial charge < -0.3 is 15.0 Å². The lowest BCUT2D eigenvalue weighted by Crippen LogP contribution is -2.28. The van der Waals surface area contributed by atoms with Gasteiger partial charge in [-0.2, -0.15) is 0 Å². The first-order chi connectivity index (χ1) is 9.69. The number of hydrogen-bond donors (Lipinski definition) is 1. The summed E-state index contributed by atoms with van der Waals surface area (Å²) < 4.78 is 4.96. The maximum atomic E-state index is 12.0. The van der Waals surface area contributed by atoms with Gasteiger partial charge in [0.1, 0.15) is 5.82 Å². The molecule has 0 aromatic carbocycles. The summed E-state index contributed by atoms with van der Waals surface area (Å²) in [5.74, 6) is 0.589. The molecular weight excluding hydrogens is 256 g/mol. The number of nitrogens with zero attached hydrogens (tertiary/aromatic N) is 3. The molecule has 0 saturated heterocycles. The molecule has 1 heterocycles. The molecule has 1 rings (SSSR count). The Bertz CT molecular complexity index is 395. The third kappa shape index (κ3) is 5.52. The monoisotopic (exact) mass is 280 g/mol. The zero-order valence-corrected chi connectivity index (χ0v) is 12.6. The van der Waals surface area contributed by atoms with Gasteiger partial charge >= 0.3 is 0 Å². The van der Waals surface area contributed by atoms with Gasteiger partial charge in [0.15, 0.2) is 5.69 Å². The Labute approximate surface area is 120 Å². The molecule has 20 heavy (non-hydrogen) atoms. The third-order valence-electron chi connectivity index (χ3n) is 2.91. The van der Waals surface area contributed by atoms with Gasteiger partial charge in [-0.1, -0.05) is 13.3 Å². The smallest absolute Gasteiger partial charge is 0.274 e.